The Labute approximate surface area is 115 Å². The number of carbonyl (C=O) groups excluding carboxylic acids is 2. The molecular formula is C12H19F3N2O3. The molecule has 0 spiro atoms. The second kappa shape index (κ2) is 5.99. The van der Waals surface area contributed by atoms with Crippen LogP contribution in [-0.4, -0.2) is 55.7 Å². The lowest BCUT2D eigenvalue weighted by atomic mass is 9.84. The molecule has 0 aromatic heterocycles. The van der Waals surface area contributed by atoms with Crippen molar-refractivity contribution in [2.45, 2.75) is 32.5 Å². The molecule has 1 unspecified atom stereocenters. The van der Waals surface area contributed by atoms with E-state index in [2.05, 4.69) is 10.1 Å². The van der Waals surface area contributed by atoms with E-state index in [1.54, 1.807) is 13.8 Å². The number of nitrogens with one attached hydrogen (secondary N) is 1. The van der Waals surface area contributed by atoms with Crippen LogP contribution in [0.15, 0.2) is 0 Å². The third-order valence-corrected chi connectivity index (χ3v) is 3.52. The number of rotatable bonds is 4. The van der Waals surface area contributed by atoms with Gasteiger partial charge in [0.2, 0.25) is 5.91 Å². The summed E-state index contributed by atoms with van der Waals surface area (Å²) in [6.07, 6.45) is -4.98. The van der Waals surface area contributed by atoms with Crippen molar-refractivity contribution in [2.24, 2.45) is 5.41 Å². The molecule has 0 saturated carbocycles. The van der Waals surface area contributed by atoms with Gasteiger partial charge in [0.1, 0.15) is 6.54 Å². The van der Waals surface area contributed by atoms with E-state index in [0.29, 0.717) is 0 Å². The quantitative estimate of drug-likeness (QED) is 0.784. The Morgan fingerprint density at radius 3 is 2.35 bits per heavy atom. The van der Waals surface area contributed by atoms with Gasteiger partial charge in [-0.15, -0.1) is 0 Å². The van der Waals surface area contributed by atoms with E-state index < -0.39 is 42.6 Å². The monoisotopic (exact) mass is 296 g/mol. The van der Waals surface area contributed by atoms with Crippen LogP contribution in [-0.2, 0) is 14.3 Å². The minimum atomic E-state index is -4.66. The molecule has 1 rings (SSSR count). The largest absolute Gasteiger partial charge is 0.468 e. The number of carbonyl (C=O) groups is 2. The summed E-state index contributed by atoms with van der Waals surface area (Å²) in [5.74, 6) is -1.81. The Hall–Kier alpha value is -1.31. The Bertz CT molecular complexity index is 377. The highest BCUT2D eigenvalue weighted by Crippen LogP contribution is 2.44. The molecule has 0 aromatic rings. The Morgan fingerprint density at radius 1 is 1.40 bits per heavy atom. The number of ether oxygens (including phenoxy) is 1. The minimum absolute atomic E-state index is 0.120. The lowest BCUT2D eigenvalue weighted by Gasteiger charge is -2.36. The van der Waals surface area contributed by atoms with E-state index in [1.165, 1.54) is 0 Å². The van der Waals surface area contributed by atoms with Crippen molar-refractivity contribution in [3.63, 3.8) is 0 Å². The highest BCUT2D eigenvalue weighted by atomic mass is 19.4. The highest BCUT2D eigenvalue weighted by Gasteiger charge is 2.62. The van der Waals surface area contributed by atoms with Crippen molar-refractivity contribution in [3.8, 4) is 0 Å². The van der Waals surface area contributed by atoms with Gasteiger partial charge in [-0.1, -0.05) is 0 Å². The molecule has 8 heteroatoms. The lowest BCUT2D eigenvalue weighted by Crippen LogP contribution is -2.56. The normalized spacial score (nSPS) is 22.9. The van der Waals surface area contributed by atoms with Crippen LogP contribution in [0.2, 0.25) is 0 Å². The molecule has 0 aromatic carbocycles. The molecule has 1 atom stereocenters. The van der Waals surface area contributed by atoms with Crippen LogP contribution < -0.4 is 5.32 Å². The average Bonchev–Trinajstić information content (AvgIpc) is 2.84. The van der Waals surface area contributed by atoms with Gasteiger partial charge in [0.15, 0.2) is 5.41 Å². The van der Waals surface area contributed by atoms with Gasteiger partial charge in [-0.25, -0.2) is 0 Å². The Morgan fingerprint density at radius 2 is 2.00 bits per heavy atom. The van der Waals surface area contributed by atoms with Gasteiger partial charge in [0, 0.05) is 12.6 Å². The van der Waals surface area contributed by atoms with Crippen LogP contribution in [0.1, 0.15) is 20.3 Å². The zero-order valence-corrected chi connectivity index (χ0v) is 11.7. The van der Waals surface area contributed by atoms with Gasteiger partial charge < -0.3 is 15.0 Å². The minimum Gasteiger partial charge on any atom is -0.468 e. The van der Waals surface area contributed by atoms with E-state index in [0.717, 1.165) is 12.0 Å². The van der Waals surface area contributed by atoms with Gasteiger partial charge in [-0.2, -0.15) is 13.2 Å². The van der Waals surface area contributed by atoms with Gasteiger partial charge in [0.25, 0.3) is 0 Å². The van der Waals surface area contributed by atoms with E-state index >= 15 is 0 Å². The maximum absolute atomic E-state index is 13.3. The van der Waals surface area contributed by atoms with Crippen molar-refractivity contribution in [2.75, 3.05) is 26.7 Å². The first kappa shape index (κ1) is 16.7. The van der Waals surface area contributed by atoms with Crippen LogP contribution in [0, 0.1) is 5.41 Å². The molecule has 1 fully saturated rings. The maximum atomic E-state index is 13.3. The molecule has 5 nitrogen and oxygen atoms in total. The van der Waals surface area contributed by atoms with Crippen LogP contribution in [0.3, 0.4) is 0 Å². The first-order chi connectivity index (χ1) is 9.15. The van der Waals surface area contributed by atoms with E-state index in [1.807, 2.05) is 0 Å². The van der Waals surface area contributed by atoms with Crippen molar-refractivity contribution in [1.29, 1.82) is 0 Å². The second-order valence-corrected chi connectivity index (χ2v) is 5.11. The molecular weight excluding hydrogens is 277 g/mol. The van der Waals surface area contributed by atoms with Crippen LogP contribution in [0.25, 0.3) is 0 Å². The van der Waals surface area contributed by atoms with Crippen LogP contribution in [0.5, 0.6) is 0 Å². The summed E-state index contributed by atoms with van der Waals surface area (Å²) in [5.41, 5.74) is -2.45. The fourth-order valence-electron chi connectivity index (χ4n) is 2.21. The van der Waals surface area contributed by atoms with Crippen molar-refractivity contribution >= 4 is 11.9 Å². The third kappa shape index (κ3) is 3.05. The van der Waals surface area contributed by atoms with Crippen molar-refractivity contribution in [3.05, 3.63) is 0 Å². The molecule has 1 aliphatic rings. The number of nitrogens with zero attached hydrogens (tertiary/aromatic N) is 1. The Kier molecular flexibility index (Phi) is 5.01. The van der Waals surface area contributed by atoms with Gasteiger partial charge in [-0.05, 0) is 26.8 Å². The van der Waals surface area contributed by atoms with E-state index in [4.69, 9.17) is 0 Å². The van der Waals surface area contributed by atoms with E-state index in [-0.39, 0.29) is 13.0 Å². The van der Waals surface area contributed by atoms with Gasteiger partial charge >= 0.3 is 12.1 Å². The number of alkyl halides is 3. The fourth-order valence-corrected chi connectivity index (χ4v) is 2.21. The SMILES string of the molecule is COC(=O)CN(C(=O)C1(C(F)(F)F)CCNC1)C(C)C. The molecule has 116 valence electrons. The molecule has 1 aliphatic heterocycles. The number of amides is 1. The Balaban J connectivity index is 3.06. The summed E-state index contributed by atoms with van der Waals surface area (Å²) >= 11 is 0. The van der Waals surface area contributed by atoms with Crippen LogP contribution >= 0.6 is 0 Å². The molecule has 20 heavy (non-hydrogen) atoms. The number of hydrogen-bond acceptors (Lipinski definition) is 4. The van der Waals surface area contributed by atoms with Crippen molar-refractivity contribution in [1.82, 2.24) is 10.2 Å². The van der Waals surface area contributed by atoms with Gasteiger partial charge in [-0.3, -0.25) is 9.59 Å². The summed E-state index contributed by atoms with van der Waals surface area (Å²) in [5, 5.41) is 2.58. The van der Waals surface area contributed by atoms with Crippen molar-refractivity contribution < 1.29 is 27.5 Å². The van der Waals surface area contributed by atoms with E-state index in [9.17, 15) is 22.8 Å². The summed E-state index contributed by atoms with van der Waals surface area (Å²) in [6.45, 7) is 2.31. The second-order valence-electron chi connectivity index (χ2n) is 5.11. The zero-order valence-electron chi connectivity index (χ0n) is 11.7. The number of halogens is 3. The predicted molar refractivity (Wildman–Crippen MR) is 64.8 cm³/mol. The molecule has 1 saturated heterocycles. The molecule has 1 heterocycles. The number of esters is 1. The first-order valence-electron chi connectivity index (χ1n) is 6.31. The molecule has 0 radical (unpaired) electrons. The standard InChI is InChI=1S/C12H19F3N2O3/c1-8(2)17(6-9(18)20-3)10(19)11(12(13,14)15)4-5-16-7-11/h8,16H,4-7H2,1-3H3. The summed E-state index contributed by atoms with van der Waals surface area (Å²) in [4.78, 5) is 24.6. The summed E-state index contributed by atoms with van der Waals surface area (Å²) in [6, 6.07) is -0.526. The molecule has 0 bridgehead atoms. The first-order valence-corrected chi connectivity index (χ1v) is 6.31. The topological polar surface area (TPSA) is 58.6 Å². The fraction of sp³-hybridized carbons (Fsp3) is 0.833. The van der Waals surface area contributed by atoms with Gasteiger partial charge in [0.05, 0.1) is 7.11 Å². The average molecular weight is 296 g/mol. The summed E-state index contributed by atoms with van der Waals surface area (Å²) < 4.78 is 44.3. The number of methoxy groups -OCH3 is 1. The summed E-state index contributed by atoms with van der Waals surface area (Å²) in [7, 11) is 1.13. The van der Waals surface area contributed by atoms with Crippen LogP contribution in [0.4, 0.5) is 13.2 Å². The predicted octanol–water partition coefficient (Wildman–Crippen LogP) is 0.938. The number of hydrogen-bond donors (Lipinski definition) is 1. The maximum Gasteiger partial charge on any atom is 0.404 e. The molecule has 1 amide bonds. The third-order valence-electron chi connectivity index (χ3n) is 3.52. The highest BCUT2D eigenvalue weighted by molar-refractivity contribution is 5.88. The smallest absolute Gasteiger partial charge is 0.404 e. The lowest BCUT2D eigenvalue weighted by molar-refractivity contribution is -0.223. The zero-order chi connectivity index (χ0) is 15.6. The molecule has 0 aliphatic carbocycles. The molecule has 1 N–H and O–H groups in total.